The fourth-order valence-electron chi connectivity index (χ4n) is 1.19. The first-order valence-electron chi connectivity index (χ1n) is 4.84. The van der Waals surface area contributed by atoms with Crippen molar-refractivity contribution < 1.29 is 12.6 Å². The Hall–Kier alpha value is -0.590. The molecule has 0 saturated heterocycles. The molecule has 1 unspecified atom stereocenters. The lowest BCUT2D eigenvalue weighted by atomic mass is 10.2. The van der Waals surface area contributed by atoms with Gasteiger partial charge in [-0.15, -0.1) is 0 Å². The molecule has 0 radical (unpaired) electrons. The molecule has 0 aromatic heterocycles. The van der Waals surface area contributed by atoms with Gasteiger partial charge in [0.25, 0.3) is 0 Å². The van der Waals surface area contributed by atoms with E-state index in [2.05, 4.69) is 0 Å². The van der Waals surface area contributed by atoms with E-state index >= 15 is 0 Å². The molecule has 1 rings (SSSR count). The number of halogens is 1. The summed E-state index contributed by atoms with van der Waals surface area (Å²) >= 11 is 5.74. The van der Waals surface area contributed by atoms with E-state index in [0.29, 0.717) is 10.7 Å². The Kier molecular flexibility index (Phi) is 4.97. The van der Waals surface area contributed by atoms with Crippen LogP contribution in [-0.4, -0.2) is 30.4 Å². The third-order valence-corrected chi connectivity index (χ3v) is 4.84. The summed E-state index contributed by atoms with van der Waals surface area (Å²) in [4.78, 5) is 0. The second kappa shape index (κ2) is 5.84. The topological polar surface area (TPSA) is 77.2 Å². The molecule has 0 spiro atoms. The average molecular weight is 296 g/mol. The van der Waals surface area contributed by atoms with Crippen LogP contribution >= 0.6 is 11.6 Å². The van der Waals surface area contributed by atoms with Crippen molar-refractivity contribution in [2.45, 2.75) is 5.75 Å². The molecular formula is C10H14ClNO3S2. The lowest BCUT2D eigenvalue weighted by molar-refractivity contribution is 0.602. The second-order valence-corrected chi connectivity index (χ2v) is 8.03. The number of hydrogen-bond acceptors (Lipinski definition) is 4. The van der Waals surface area contributed by atoms with Crippen molar-refractivity contribution in [3.8, 4) is 0 Å². The number of benzene rings is 1. The van der Waals surface area contributed by atoms with Crippen molar-refractivity contribution in [1.29, 1.82) is 0 Å². The smallest absolute Gasteiger partial charge is 0.148 e. The Morgan fingerprint density at radius 3 is 2.59 bits per heavy atom. The average Bonchev–Trinajstić information content (AvgIpc) is 2.18. The molecule has 96 valence electrons. The summed E-state index contributed by atoms with van der Waals surface area (Å²) in [7, 11) is -4.31. The van der Waals surface area contributed by atoms with Crippen LogP contribution in [0.4, 0.5) is 5.69 Å². The summed E-state index contributed by atoms with van der Waals surface area (Å²) in [5, 5.41) is 0.521. The summed E-state index contributed by atoms with van der Waals surface area (Å²) in [5.74, 6) is 0.298. The highest BCUT2D eigenvalue weighted by atomic mass is 35.5. The van der Waals surface area contributed by atoms with E-state index in [9.17, 15) is 12.6 Å². The highest BCUT2D eigenvalue weighted by Crippen LogP contribution is 2.19. The van der Waals surface area contributed by atoms with E-state index < -0.39 is 20.6 Å². The number of sulfone groups is 1. The number of nitrogens with two attached hydrogens (primary N) is 1. The predicted octanol–water partition coefficient (Wildman–Crippen LogP) is 1.22. The molecule has 0 aliphatic rings. The van der Waals surface area contributed by atoms with Crippen LogP contribution in [0, 0.1) is 0 Å². The maximum atomic E-state index is 11.7. The van der Waals surface area contributed by atoms with Crippen molar-refractivity contribution in [3.63, 3.8) is 0 Å². The van der Waals surface area contributed by atoms with Crippen LogP contribution in [0.3, 0.4) is 0 Å². The van der Waals surface area contributed by atoms with Crippen LogP contribution in [0.2, 0.25) is 5.02 Å². The van der Waals surface area contributed by atoms with Gasteiger partial charge in [-0.1, -0.05) is 17.7 Å². The molecule has 17 heavy (non-hydrogen) atoms. The maximum Gasteiger partial charge on any atom is 0.148 e. The summed E-state index contributed by atoms with van der Waals surface area (Å²) in [6.07, 6.45) is 1.13. The molecule has 1 aromatic rings. The van der Waals surface area contributed by atoms with Gasteiger partial charge in [0.2, 0.25) is 0 Å². The monoisotopic (exact) mass is 295 g/mol. The molecule has 0 heterocycles. The van der Waals surface area contributed by atoms with Crippen LogP contribution in [0.1, 0.15) is 5.56 Å². The third kappa shape index (κ3) is 5.52. The van der Waals surface area contributed by atoms with Gasteiger partial charge in [-0.3, -0.25) is 4.21 Å². The van der Waals surface area contributed by atoms with Crippen LogP contribution in [0.5, 0.6) is 0 Å². The summed E-state index contributed by atoms with van der Waals surface area (Å²) in [6.45, 7) is 0. The van der Waals surface area contributed by atoms with Crippen molar-refractivity contribution in [2.75, 3.05) is 23.5 Å². The van der Waals surface area contributed by atoms with E-state index in [1.807, 2.05) is 0 Å². The number of anilines is 1. The van der Waals surface area contributed by atoms with Gasteiger partial charge >= 0.3 is 0 Å². The predicted molar refractivity (Wildman–Crippen MR) is 72.3 cm³/mol. The largest absolute Gasteiger partial charge is 0.398 e. The van der Waals surface area contributed by atoms with Crippen molar-refractivity contribution in [1.82, 2.24) is 0 Å². The Balaban J connectivity index is 2.62. The second-order valence-electron chi connectivity index (χ2n) is 3.76. The van der Waals surface area contributed by atoms with Crippen molar-refractivity contribution >= 4 is 37.9 Å². The fraction of sp³-hybridized carbons (Fsp3) is 0.400. The fourth-order valence-corrected chi connectivity index (χ4v) is 4.08. The zero-order valence-electron chi connectivity index (χ0n) is 9.35. The van der Waals surface area contributed by atoms with Gasteiger partial charge in [-0.05, 0) is 17.7 Å². The Morgan fingerprint density at radius 1 is 1.41 bits per heavy atom. The lowest BCUT2D eigenvalue weighted by Gasteiger charge is -2.06. The van der Waals surface area contributed by atoms with Gasteiger partial charge in [-0.2, -0.15) is 0 Å². The molecule has 4 nitrogen and oxygen atoms in total. The summed E-state index contributed by atoms with van der Waals surface area (Å²) in [5.41, 5.74) is 6.91. The van der Waals surface area contributed by atoms with E-state index in [0.717, 1.165) is 11.8 Å². The third-order valence-electron chi connectivity index (χ3n) is 2.11. The molecule has 1 aromatic carbocycles. The molecule has 1 atom stereocenters. The van der Waals surface area contributed by atoms with E-state index in [-0.39, 0.29) is 17.3 Å². The normalized spacial score (nSPS) is 13.5. The Bertz CT molecular complexity index is 528. The van der Waals surface area contributed by atoms with Crippen LogP contribution in [0.25, 0.3) is 0 Å². The van der Waals surface area contributed by atoms with E-state index in [1.165, 1.54) is 0 Å². The number of hydrogen-bond donors (Lipinski definition) is 1. The molecule has 0 aliphatic carbocycles. The van der Waals surface area contributed by atoms with Gasteiger partial charge in [-0.25, -0.2) is 8.42 Å². The quantitative estimate of drug-likeness (QED) is 0.829. The molecule has 0 amide bonds. The Morgan fingerprint density at radius 2 is 2.06 bits per heavy atom. The Labute approximate surface area is 109 Å². The van der Waals surface area contributed by atoms with E-state index in [1.54, 1.807) is 18.2 Å². The zero-order valence-corrected chi connectivity index (χ0v) is 11.7. The minimum atomic E-state index is -3.07. The first-order valence-corrected chi connectivity index (χ1v) is 8.77. The molecule has 2 N–H and O–H groups in total. The highest BCUT2D eigenvalue weighted by Gasteiger charge is 2.09. The van der Waals surface area contributed by atoms with Crippen molar-refractivity contribution in [3.05, 3.63) is 28.8 Å². The molecule has 0 bridgehead atoms. The standard InChI is InChI=1S/C10H14ClNO3S2/c1-17(14,15)5-4-16(13)7-8-2-3-9(11)6-10(8)12/h2-3,6H,4-5,7,12H2,1H3. The lowest BCUT2D eigenvalue weighted by Crippen LogP contribution is -2.13. The molecule has 7 heteroatoms. The van der Waals surface area contributed by atoms with Gasteiger partial charge in [0, 0.05) is 33.5 Å². The van der Waals surface area contributed by atoms with Crippen LogP contribution in [-0.2, 0) is 26.4 Å². The minimum absolute atomic E-state index is 0.0763. The van der Waals surface area contributed by atoms with Gasteiger partial charge < -0.3 is 5.73 Å². The number of rotatable bonds is 5. The van der Waals surface area contributed by atoms with Gasteiger partial charge in [0.1, 0.15) is 9.84 Å². The summed E-state index contributed by atoms with van der Waals surface area (Å²) in [6, 6.07) is 4.96. The highest BCUT2D eigenvalue weighted by molar-refractivity contribution is 7.92. The summed E-state index contributed by atoms with van der Waals surface area (Å²) < 4.78 is 33.5. The first-order chi connectivity index (χ1) is 7.78. The molecule has 0 fully saturated rings. The molecular weight excluding hydrogens is 282 g/mol. The molecule has 0 saturated carbocycles. The SMILES string of the molecule is CS(=O)(=O)CCS(=O)Cc1ccc(Cl)cc1N. The number of nitrogen functional groups attached to an aromatic ring is 1. The van der Waals surface area contributed by atoms with Crippen LogP contribution in [0.15, 0.2) is 18.2 Å². The maximum absolute atomic E-state index is 11.7. The molecule has 0 aliphatic heterocycles. The van der Waals surface area contributed by atoms with E-state index in [4.69, 9.17) is 17.3 Å². The van der Waals surface area contributed by atoms with Crippen LogP contribution < -0.4 is 5.73 Å². The van der Waals surface area contributed by atoms with Gasteiger partial charge in [0.15, 0.2) is 0 Å². The first kappa shape index (κ1) is 14.5. The zero-order chi connectivity index (χ0) is 13.1. The van der Waals surface area contributed by atoms with Crippen molar-refractivity contribution in [2.24, 2.45) is 0 Å². The minimum Gasteiger partial charge on any atom is -0.398 e. The van der Waals surface area contributed by atoms with Gasteiger partial charge in [0.05, 0.1) is 11.5 Å².